The van der Waals surface area contributed by atoms with Crippen molar-refractivity contribution in [3.05, 3.63) is 70.7 Å². The number of nitrogens with zero attached hydrogens (tertiary/aromatic N) is 2. The third-order valence-corrected chi connectivity index (χ3v) is 4.27. The van der Waals surface area contributed by atoms with Gasteiger partial charge in [-0.1, -0.05) is 48.0 Å². The van der Waals surface area contributed by atoms with Gasteiger partial charge in [0, 0.05) is 44.3 Å². The summed E-state index contributed by atoms with van der Waals surface area (Å²) in [5.74, 6) is 0.741. The molecule has 138 valence electrons. The predicted octanol–water partition coefficient (Wildman–Crippen LogP) is 3.17. The van der Waals surface area contributed by atoms with Crippen molar-refractivity contribution in [2.24, 2.45) is 4.99 Å². The molecule has 0 fully saturated rings. The highest BCUT2D eigenvalue weighted by Crippen LogP contribution is 2.16. The SMILES string of the molecule is CN=C(NCCCNC(=O)c1ccccc1)N(C)Cc1ccccc1Cl. The molecule has 0 saturated carbocycles. The molecule has 5 nitrogen and oxygen atoms in total. The molecule has 0 aliphatic carbocycles. The molecule has 0 aliphatic heterocycles. The van der Waals surface area contributed by atoms with Crippen molar-refractivity contribution in [3.63, 3.8) is 0 Å². The molecule has 0 aliphatic rings. The zero-order chi connectivity index (χ0) is 18.8. The minimum Gasteiger partial charge on any atom is -0.356 e. The second-order valence-electron chi connectivity index (χ2n) is 5.90. The van der Waals surface area contributed by atoms with Crippen LogP contribution in [-0.2, 0) is 6.54 Å². The van der Waals surface area contributed by atoms with Crippen LogP contribution in [0.3, 0.4) is 0 Å². The third-order valence-electron chi connectivity index (χ3n) is 3.90. The maximum Gasteiger partial charge on any atom is 0.251 e. The summed E-state index contributed by atoms with van der Waals surface area (Å²) in [4.78, 5) is 18.3. The molecule has 0 atom stereocenters. The molecule has 2 rings (SSSR count). The highest BCUT2D eigenvalue weighted by atomic mass is 35.5. The van der Waals surface area contributed by atoms with Crippen molar-refractivity contribution in [1.29, 1.82) is 0 Å². The Labute approximate surface area is 160 Å². The largest absolute Gasteiger partial charge is 0.356 e. The average Bonchev–Trinajstić information content (AvgIpc) is 2.67. The van der Waals surface area contributed by atoms with E-state index >= 15 is 0 Å². The van der Waals surface area contributed by atoms with E-state index in [-0.39, 0.29) is 5.91 Å². The van der Waals surface area contributed by atoms with E-state index in [0.29, 0.717) is 25.2 Å². The number of hydrogen-bond donors (Lipinski definition) is 2. The van der Waals surface area contributed by atoms with Crippen molar-refractivity contribution in [2.75, 3.05) is 27.2 Å². The number of amides is 1. The van der Waals surface area contributed by atoms with Gasteiger partial charge >= 0.3 is 0 Å². The number of nitrogens with one attached hydrogen (secondary N) is 2. The van der Waals surface area contributed by atoms with Crippen LogP contribution in [0.5, 0.6) is 0 Å². The first-order chi connectivity index (χ1) is 12.6. The van der Waals surface area contributed by atoms with Crippen molar-refractivity contribution >= 4 is 23.5 Å². The van der Waals surface area contributed by atoms with E-state index in [2.05, 4.69) is 15.6 Å². The summed E-state index contributed by atoms with van der Waals surface area (Å²) in [7, 11) is 3.72. The van der Waals surface area contributed by atoms with Crippen molar-refractivity contribution < 1.29 is 4.79 Å². The van der Waals surface area contributed by atoms with Gasteiger partial charge in [-0.2, -0.15) is 0 Å². The van der Waals surface area contributed by atoms with Crippen LogP contribution in [0.15, 0.2) is 59.6 Å². The second kappa shape index (κ2) is 10.5. The molecule has 0 unspecified atom stereocenters. The van der Waals surface area contributed by atoms with Crippen LogP contribution < -0.4 is 10.6 Å². The van der Waals surface area contributed by atoms with Gasteiger partial charge in [-0.15, -0.1) is 0 Å². The summed E-state index contributed by atoms with van der Waals surface area (Å²) in [6, 6.07) is 17.0. The minimum absolute atomic E-state index is 0.0502. The van der Waals surface area contributed by atoms with Gasteiger partial charge in [0.2, 0.25) is 0 Å². The molecule has 26 heavy (non-hydrogen) atoms. The lowest BCUT2D eigenvalue weighted by molar-refractivity contribution is 0.0953. The van der Waals surface area contributed by atoms with Crippen LogP contribution in [0.25, 0.3) is 0 Å². The highest BCUT2D eigenvalue weighted by Gasteiger charge is 2.08. The lowest BCUT2D eigenvalue weighted by Crippen LogP contribution is -2.39. The van der Waals surface area contributed by atoms with Gasteiger partial charge < -0.3 is 15.5 Å². The van der Waals surface area contributed by atoms with Crippen LogP contribution in [0, 0.1) is 0 Å². The predicted molar refractivity (Wildman–Crippen MR) is 108 cm³/mol. The Hall–Kier alpha value is -2.53. The Morgan fingerprint density at radius 2 is 1.69 bits per heavy atom. The molecule has 0 bridgehead atoms. The van der Waals surface area contributed by atoms with Crippen molar-refractivity contribution in [2.45, 2.75) is 13.0 Å². The number of aliphatic imine (C=N–C) groups is 1. The van der Waals surface area contributed by atoms with Gasteiger partial charge in [0.15, 0.2) is 5.96 Å². The quantitative estimate of drug-likeness (QED) is 0.446. The first-order valence-corrected chi connectivity index (χ1v) is 8.98. The molecular formula is C20H25ClN4O. The first-order valence-electron chi connectivity index (χ1n) is 8.60. The number of rotatable bonds is 7. The third kappa shape index (κ3) is 6.08. The molecule has 0 saturated heterocycles. The van der Waals surface area contributed by atoms with E-state index in [4.69, 9.17) is 11.6 Å². The summed E-state index contributed by atoms with van der Waals surface area (Å²) in [5, 5.41) is 6.97. The Morgan fingerprint density at radius 3 is 2.38 bits per heavy atom. The van der Waals surface area contributed by atoms with Crippen molar-refractivity contribution in [3.8, 4) is 0 Å². The lowest BCUT2D eigenvalue weighted by Gasteiger charge is -2.22. The van der Waals surface area contributed by atoms with E-state index in [1.807, 2.05) is 54.4 Å². The van der Waals surface area contributed by atoms with E-state index in [1.54, 1.807) is 19.2 Å². The fraction of sp³-hybridized carbons (Fsp3) is 0.300. The highest BCUT2D eigenvalue weighted by molar-refractivity contribution is 6.31. The maximum absolute atomic E-state index is 12.0. The smallest absolute Gasteiger partial charge is 0.251 e. The summed E-state index contributed by atoms with van der Waals surface area (Å²) in [6.45, 7) is 1.99. The molecule has 0 aromatic heterocycles. The normalized spacial score (nSPS) is 11.1. The van der Waals surface area contributed by atoms with E-state index in [1.165, 1.54) is 0 Å². The van der Waals surface area contributed by atoms with Gasteiger partial charge in [-0.25, -0.2) is 0 Å². The van der Waals surface area contributed by atoms with Crippen LogP contribution >= 0.6 is 11.6 Å². The van der Waals surface area contributed by atoms with Gasteiger partial charge in [0.25, 0.3) is 5.91 Å². The van der Waals surface area contributed by atoms with Crippen molar-refractivity contribution in [1.82, 2.24) is 15.5 Å². The lowest BCUT2D eigenvalue weighted by atomic mass is 10.2. The molecule has 2 N–H and O–H groups in total. The summed E-state index contributed by atoms with van der Waals surface area (Å²) in [6.07, 6.45) is 0.803. The Kier molecular flexibility index (Phi) is 7.96. The molecular weight excluding hydrogens is 348 g/mol. The van der Waals surface area contributed by atoms with E-state index < -0.39 is 0 Å². The topological polar surface area (TPSA) is 56.7 Å². The zero-order valence-electron chi connectivity index (χ0n) is 15.2. The molecule has 0 spiro atoms. The summed E-state index contributed by atoms with van der Waals surface area (Å²) in [5.41, 5.74) is 1.73. The van der Waals surface area contributed by atoms with Gasteiger partial charge in [-0.05, 0) is 30.2 Å². The fourth-order valence-corrected chi connectivity index (χ4v) is 2.72. The zero-order valence-corrected chi connectivity index (χ0v) is 16.0. The minimum atomic E-state index is -0.0502. The van der Waals surface area contributed by atoms with Gasteiger partial charge in [0.1, 0.15) is 0 Å². The number of carbonyl (C=O) groups excluding carboxylic acids is 1. The fourth-order valence-electron chi connectivity index (χ4n) is 2.52. The van der Waals surface area contributed by atoms with Crippen LogP contribution in [0.2, 0.25) is 5.02 Å². The Bertz CT molecular complexity index is 734. The molecule has 0 heterocycles. The molecule has 1 amide bonds. The summed E-state index contributed by atoms with van der Waals surface area (Å²) >= 11 is 6.21. The van der Waals surface area contributed by atoms with Gasteiger partial charge in [-0.3, -0.25) is 9.79 Å². The van der Waals surface area contributed by atoms with Crippen LogP contribution in [0.1, 0.15) is 22.3 Å². The average molecular weight is 373 g/mol. The van der Waals surface area contributed by atoms with Gasteiger partial charge in [0.05, 0.1) is 0 Å². The monoisotopic (exact) mass is 372 g/mol. The Morgan fingerprint density at radius 1 is 1.04 bits per heavy atom. The first kappa shape index (κ1) is 19.8. The number of halogens is 1. The Balaban J connectivity index is 1.72. The molecule has 2 aromatic carbocycles. The molecule has 6 heteroatoms. The number of carbonyl (C=O) groups is 1. The number of benzene rings is 2. The molecule has 2 aromatic rings. The molecule has 0 radical (unpaired) electrons. The van der Waals surface area contributed by atoms with Crippen LogP contribution in [-0.4, -0.2) is 44.0 Å². The summed E-state index contributed by atoms with van der Waals surface area (Å²) < 4.78 is 0. The number of hydrogen-bond acceptors (Lipinski definition) is 2. The second-order valence-corrected chi connectivity index (χ2v) is 6.30. The van der Waals surface area contributed by atoms with E-state index in [9.17, 15) is 4.79 Å². The standard InChI is InChI=1S/C20H25ClN4O/c1-22-20(25(2)15-17-11-6-7-12-18(17)21)24-14-8-13-23-19(26)16-9-4-3-5-10-16/h3-7,9-12H,8,13-15H2,1-2H3,(H,22,24)(H,23,26). The van der Waals surface area contributed by atoms with Crippen LogP contribution in [0.4, 0.5) is 0 Å². The number of guanidine groups is 1. The van der Waals surface area contributed by atoms with E-state index in [0.717, 1.165) is 23.0 Å². The maximum atomic E-state index is 12.0.